The van der Waals surface area contributed by atoms with Crippen molar-refractivity contribution in [3.63, 3.8) is 0 Å². The lowest BCUT2D eigenvalue weighted by Crippen LogP contribution is -2.59. The van der Waals surface area contributed by atoms with Crippen LogP contribution in [0.1, 0.15) is 45.0 Å². The molecule has 0 saturated carbocycles. The van der Waals surface area contributed by atoms with Crippen LogP contribution >= 0.6 is 0 Å². The lowest BCUT2D eigenvalue weighted by molar-refractivity contribution is 0.0802. The molecule has 2 atom stereocenters. The molecule has 1 aliphatic heterocycles. The molecule has 0 aliphatic carbocycles. The Labute approximate surface area is 116 Å². The standard InChI is InChI=1S/C15H27N3O/c1-10-7-16-13(15(4,5)6)8-18(10)9-14-17-11(2)12(3)19-14/h10,13,16H,7-9H2,1-6H3. The highest BCUT2D eigenvalue weighted by atomic mass is 16.4. The Balaban J connectivity index is 2.05. The molecule has 4 nitrogen and oxygen atoms in total. The van der Waals surface area contributed by atoms with E-state index in [-0.39, 0.29) is 5.41 Å². The highest BCUT2D eigenvalue weighted by Crippen LogP contribution is 2.24. The highest BCUT2D eigenvalue weighted by Gasteiger charge is 2.32. The Hall–Kier alpha value is -0.870. The van der Waals surface area contributed by atoms with Gasteiger partial charge in [0.2, 0.25) is 5.89 Å². The van der Waals surface area contributed by atoms with Crippen LogP contribution in [0.15, 0.2) is 4.42 Å². The van der Waals surface area contributed by atoms with Crippen molar-refractivity contribution in [3.05, 3.63) is 17.3 Å². The minimum absolute atomic E-state index is 0.279. The zero-order valence-electron chi connectivity index (χ0n) is 13.1. The van der Waals surface area contributed by atoms with Gasteiger partial charge in [-0.2, -0.15) is 0 Å². The summed E-state index contributed by atoms with van der Waals surface area (Å²) in [6, 6.07) is 1.03. The van der Waals surface area contributed by atoms with Crippen molar-refractivity contribution in [1.29, 1.82) is 0 Å². The zero-order chi connectivity index (χ0) is 14.2. The molecular formula is C15H27N3O. The van der Waals surface area contributed by atoms with E-state index in [0.717, 1.165) is 37.0 Å². The van der Waals surface area contributed by atoms with E-state index in [2.05, 4.69) is 42.9 Å². The molecular weight excluding hydrogens is 238 g/mol. The maximum Gasteiger partial charge on any atom is 0.208 e. The molecule has 1 N–H and O–H groups in total. The van der Waals surface area contributed by atoms with Crippen molar-refractivity contribution in [2.24, 2.45) is 5.41 Å². The van der Waals surface area contributed by atoms with E-state index in [1.54, 1.807) is 0 Å². The molecule has 2 rings (SSSR count). The molecule has 1 saturated heterocycles. The summed E-state index contributed by atoms with van der Waals surface area (Å²) < 4.78 is 5.71. The third kappa shape index (κ3) is 3.37. The normalized spacial score (nSPS) is 25.8. The van der Waals surface area contributed by atoms with Crippen LogP contribution in [0.2, 0.25) is 0 Å². The van der Waals surface area contributed by atoms with Crippen LogP contribution in [-0.4, -0.2) is 35.1 Å². The molecule has 2 unspecified atom stereocenters. The number of rotatable bonds is 2. The van der Waals surface area contributed by atoms with E-state index in [9.17, 15) is 0 Å². The molecule has 19 heavy (non-hydrogen) atoms. The first-order valence-corrected chi connectivity index (χ1v) is 7.17. The summed E-state index contributed by atoms with van der Waals surface area (Å²) in [6.07, 6.45) is 0. The molecule has 108 valence electrons. The number of oxazole rings is 1. The lowest BCUT2D eigenvalue weighted by atomic mass is 9.85. The largest absolute Gasteiger partial charge is 0.444 e. The molecule has 0 radical (unpaired) electrons. The van der Waals surface area contributed by atoms with E-state index in [1.165, 1.54) is 0 Å². The zero-order valence-corrected chi connectivity index (χ0v) is 13.1. The Morgan fingerprint density at radius 3 is 2.58 bits per heavy atom. The van der Waals surface area contributed by atoms with Crippen molar-refractivity contribution >= 4 is 0 Å². The summed E-state index contributed by atoms with van der Waals surface area (Å²) in [6.45, 7) is 16.0. The Bertz CT molecular complexity index is 414. The van der Waals surface area contributed by atoms with Crippen molar-refractivity contribution < 1.29 is 4.42 Å². The van der Waals surface area contributed by atoms with Crippen LogP contribution in [0.3, 0.4) is 0 Å². The average molecular weight is 265 g/mol. The third-order valence-electron chi connectivity index (χ3n) is 4.16. The molecule has 2 heterocycles. The summed E-state index contributed by atoms with van der Waals surface area (Å²) in [7, 11) is 0. The van der Waals surface area contributed by atoms with Crippen LogP contribution in [0, 0.1) is 19.3 Å². The maximum atomic E-state index is 5.71. The first-order chi connectivity index (χ1) is 8.77. The Morgan fingerprint density at radius 2 is 2.05 bits per heavy atom. The van der Waals surface area contributed by atoms with Gasteiger partial charge in [-0.1, -0.05) is 20.8 Å². The van der Waals surface area contributed by atoms with Crippen LogP contribution in [0.25, 0.3) is 0 Å². The first kappa shape index (κ1) is 14.5. The molecule has 4 heteroatoms. The summed E-state index contributed by atoms with van der Waals surface area (Å²) in [5, 5.41) is 3.65. The van der Waals surface area contributed by atoms with Crippen molar-refractivity contribution in [2.75, 3.05) is 13.1 Å². The molecule has 1 aromatic rings. The molecule has 1 aromatic heterocycles. The quantitative estimate of drug-likeness (QED) is 0.892. The van der Waals surface area contributed by atoms with E-state index in [0.29, 0.717) is 12.1 Å². The molecule has 0 aromatic carbocycles. The number of hydrogen-bond donors (Lipinski definition) is 1. The number of hydrogen-bond acceptors (Lipinski definition) is 4. The number of piperazine rings is 1. The first-order valence-electron chi connectivity index (χ1n) is 7.17. The fourth-order valence-electron chi connectivity index (χ4n) is 2.50. The summed E-state index contributed by atoms with van der Waals surface area (Å²) >= 11 is 0. The van der Waals surface area contributed by atoms with Crippen LogP contribution in [0.5, 0.6) is 0 Å². The average Bonchev–Trinajstić information content (AvgIpc) is 2.59. The van der Waals surface area contributed by atoms with Crippen LogP contribution < -0.4 is 5.32 Å². The second-order valence-electron chi connectivity index (χ2n) is 6.85. The van der Waals surface area contributed by atoms with Gasteiger partial charge >= 0.3 is 0 Å². The van der Waals surface area contributed by atoms with Gasteiger partial charge in [0.05, 0.1) is 12.2 Å². The number of nitrogens with one attached hydrogen (secondary N) is 1. The van der Waals surface area contributed by atoms with Gasteiger partial charge in [-0.15, -0.1) is 0 Å². The van der Waals surface area contributed by atoms with Gasteiger partial charge in [0.1, 0.15) is 5.76 Å². The topological polar surface area (TPSA) is 41.3 Å². The smallest absolute Gasteiger partial charge is 0.208 e. The van der Waals surface area contributed by atoms with Gasteiger partial charge < -0.3 is 9.73 Å². The molecule has 0 spiro atoms. The fraction of sp³-hybridized carbons (Fsp3) is 0.800. The molecule has 1 fully saturated rings. The summed E-state index contributed by atoms with van der Waals surface area (Å²) in [4.78, 5) is 6.97. The van der Waals surface area contributed by atoms with Gasteiger partial charge in [-0.25, -0.2) is 4.98 Å². The predicted molar refractivity (Wildman–Crippen MR) is 77.1 cm³/mol. The van der Waals surface area contributed by atoms with Gasteiger partial charge in [0.15, 0.2) is 0 Å². The van der Waals surface area contributed by atoms with Gasteiger partial charge in [-0.05, 0) is 26.2 Å². The second-order valence-corrected chi connectivity index (χ2v) is 6.85. The van der Waals surface area contributed by atoms with Gasteiger partial charge in [0, 0.05) is 25.2 Å². The fourth-order valence-corrected chi connectivity index (χ4v) is 2.50. The lowest BCUT2D eigenvalue weighted by Gasteiger charge is -2.43. The van der Waals surface area contributed by atoms with E-state index in [1.807, 2.05) is 13.8 Å². The van der Waals surface area contributed by atoms with E-state index < -0.39 is 0 Å². The second kappa shape index (κ2) is 5.25. The molecule has 0 bridgehead atoms. The third-order valence-corrected chi connectivity index (χ3v) is 4.16. The van der Waals surface area contributed by atoms with Crippen LogP contribution in [-0.2, 0) is 6.54 Å². The van der Waals surface area contributed by atoms with Crippen LogP contribution in [0.4, 0.5) is 0 Å². The SMILES string of the molecule is Cc1nc(CN2CC(C(C)(C)C)NCC2C)oc1C. The van der Waals surface area contributed by atoms with Crippen molar-refractivity contribution in [3.8, 4) is 0 Å². The van der Waals surface area contributed by atoms with Gasteiger partial charge in [0.25, 0.3) is 0 Å². The monoisotopic (exact) mass is 265 g/mol. The number of aryl methyl sites for hydroxylation is 2. The Morgan fingerprint density at radius 1 is 1.37 bits per heavy atom. The molecule has 1 aliphatic rings. The summed E-state index contributed by atoms with van der Waals surface area (Å²) in [5.74, 6) is 1.78. The summed E-state index contributed by atoms with van der Waals surface area (Å²) in [5.41, 5.74) is 1.28. The predicted octanol–water partition coefficient (Wildman–Crippen LogP) is 2.50. The van der Waals surface area contributed by atoms with Crippen molar-refractivity contribution in [2.45, 2.75) is 60.2 Å². The van der Waals surface area contributed by atoms with E-state index in [4.69, 9.17) is 4.42 Å². The van der Waals surface area contributed by atoms with Crippen molar-refractivity contribution in [1.82, 2.24) is 15.2 Å². The Kier molecular flexibility index (Phi) is 4.02. The van der Waals surface area contributed by atoms with E-state index >= 15 is 0 Å². The number of nitrogens with zero attached hydrogens (tertiary/aromatic N) is 2. The van der Waals surface area contributed by atoms with Gasteiger partial charge in [-0.3, -0.25) is 4.90 Å². The highest BCUT2D eigenvalue weighted by molar-refractivity contribution is 5.05. The molecule has 0 amide bonds. The minimum atomic E-state index is 0.279. The minimum Gasteiger partial charge on any atom is -0.444 e. The number of aromatic nitrogens is 1. The maximum absolute atomic E-state index is 5.71.